The smallest absolute Gasteiger partial charge is 0.410 e. The van der Waals surface area contributed by atoms with Crippen LogP contribution in [0.4, 0.5) is 4.79 Å². The van der Waals surface area contributed by atoms with Crippen LogP contribution in [0.15, 0.2) is 0 Å². The van der Waals surface area contributed by atoms with Crippen molar-refractivity contribution in [1.82, 2.24) is 10.2 Å². The van der Waals surface area contributed by atoms with Crippen LogP contribution < -0.4 is 11.1 Å². The Morgan fingerprint density at radius 3 is 2.71 bits per heavy atom. The van der Waals surface area contributed by atoms with Gasteiger partial charge in [-0.15, -0.1) is 0 Å². The summed E-state index contributed by atoms with van der Waals surface area (Å²) in [7, 11) is 0. The van der Waals surface area contributed by atoms with Crippen LogP contribution in [0.5, 0.6) is 0 Å². The number of rotatable bonds is 1. The fraction of sp³-hybridized carbons (Fsp3) is 0.938. The molecule has 0 aromatic heterocycles. The monoisotopic (exact) mass is 297 g/mol. The molecular formula is C16H31N3O2. The van der Waals surface area contributed by atoms with Gasteiger partial charge in [0.15, 0.2) is 0 Å². The van der Waals surface area contributed by atoms with Crippen molar-refractivity contribution < 1.29 is 9.53 Å². The highest BCUT2D eigenvalue weighted by atomic mass is 16.6. The Hall–Kier alpha value is -0.810. The Morgan fingerprint density at radius 1 is 1.43 bits per heavy atom. The number of likely N-dealkylation sites (tertiary alicyclic amines) is 1. The summed E-state index contributed by atoms with van der Waals surface area (Å²) >= 11 is 0. The van der Waals surface area contributed by atoms with Crippen LogP contribution in [0.25, 0.3) is 0 Å². The molecule has 0 aliphatic carbocycles. The first kappa shape index (κ1) is 16.6. The van der Waals surface area contributed by atoms with E-state index in [-0.39, 0.29) is 6.09 Å². The summed E-state index contributed by atoms with van der Waals surface area (Å²) in [5.41, 5.74) is 5.91. The van der Waals surface area contributed by atoms with E-state index in [1.165, 1.54) is 0 Å². The van der Waals surface area contributed by atoms with Crippen molar-refractivity contribution in [3.63, 3.8) is 0 Å². The van der Waals surface area contributed by atoms with Crippen LogP contribution in [0.1, 0.15) is 40.5 Å². The molecule has 2 aliphatic rings. The topological polar surface area (TPSA) is 67.6 Å². The first-order chi connectivity index (χ1) is 9.78. The Morgan fingerprint density at radius 2 is 2.14 bits per heavy atom. The van der Waals surface area contributed by atoms with E-state index in [1.54, 1.807) is 0 Å². The zero-order chi connectivity index (χ0) is 15.7. The Balaban J connectivity index is 2.06. The molecule has 3 N–H and O–H groups in total. The second-order valence-corrected chi connectivity index (χ2v) is 7.70. The molecule has 2 heterocycles. The van der Waals surface area contributed by atoms with E-state index in [0.717, 1.165) is 39.0 Å². The lowest BCUT2D eigenvalue weighted by Crippen LogP contribution is -2.58. The van der Waals surface area contributed by atoms with E-state index in [1.807, 2.05) is 25.7 Å². The number of nitrogens with two attached hydrogens (primary N) is 1. The van der Waals surface area contributed by atoms with E-state index in [9.17, 15) is 4.79 Å². The molecular weight excluding hydrogens is 266 g/mol. The highest BCUT2D eigenvalue weighted by Gasteiger charge is 2.48. The van der Waals surface area contributed by atoms with Gasteiger partial charge in [0.05, 0.1) is 0 Å². The maximum atomic E-state index is 12.3. The lowest BCUT2D eigenvalue weighted by atomic mass is 9.60. The number of carbonyl (C=O) groups excluding carboxylic acids is 1. The van der Waals surface area contributed by atoms with Crippen LogP contribution in [0.2, 0.25) is 0 Å². The summed E-state index contributed by atoms with van der Waals surface area (Å²) in [6.07, 6.45) is 2.01. The van der Waals surface area contributed by atoms with Gasteiger partial charge in [-0.3, -0.25) is 0 Å². The van der Waals surface area contributed by atoms with Gasteiger partial charge in [0.25, 0.3) is 0 Å². The molecule has 3 unspecified atom stereocenters. The van der Waals surface area contributed by atoms with Crippen molar-refractivity contribution >= 4 is 6.09 Å². The molecule has 21 heavy (non-hydrogen) atoms. The van der Waals surface area contributed by atoms with Crippen molar-refractivity contribution in [3.05, 3.63) is 0 Å². The van der Waals surface area contributed by atoms with E-state index >= 15 is 0 Å². The van der Waals surface area contributed by atoms with Crippen molar-refractivity contribution in [2.75, 3.05) is 32.7 Å². The summed E-state index contributed by atoms with van der Waals surface area (Å²) in [4.78, 5) is 14.1. The molecule has 0 saturated carbocycles. The summed E-state index contributed by atoms with van der Waals surface area (Å²) in [5, 5.41) is 3.47. The third-order valence-corrected chi connectivity index (χ3v) is 5.24. The van der Waals surface area contributed by atoms with Crippen molar-refractivity contribution in [1.29, 1.82) is 0 Å². The maximum Gasteiger partial charge on any atom is 0.410 e. The molecule has 0 aromatic carbocycles. The summed E-state index contributed by atoms with van der Waals surface area (Å²) in [6, 6.07) is 0. The van der Waals surface area contributed by atoms with Gasteiger partial charge in [0.1, 0.15) is 5.60 Å². The zero-order valence-electron chi connectivity index (χ0n) is 13.9. The standard InChI is InChI=1S/C16H31N3O2/c1-12-10-18-7-5-16(12)6-8-19(11-13(16)9-17)14(20)21-15(2,3)4/h12-13,18H,5-11,17H2,1-4H3. The molecule has 0 bridgehead atoms. The molecule has 2 aliphatic heterocycles. The molecule has 2 rings (SSSR count). The third kappa shape index (κ3) is 3.51. The van der Waals surface area contributed by atoms with Gasteiger partial charge in [0, 0.05) is 13.1 Å². The number of carbonyl (C=O) groups is 1. The van der Waals surface area contributed by atoms with Crippen molar-refractivity contribution in [2.24, 2.45) is 23.0 Å². The molecule has 0 aromatic rings. The first-order valence-corrected chi connectivity index (χ1v) is 8.17. The van der Waals surface area contributed by atoms with E-state index in [2.05, 4.69) is 12.2 Å². The summed E-state index contributed by atoms with van der Waals surface area (Å²) in [6.45, 7) is 12.3. The second kappa shape index (κ2) is 6.13. The maximum absolute atomic E-state index is 12.3. The lowest BCUT2D eigenvalue weighted by molar-refractivity contribution is -0.0386. The van der Waals surface area contributed by atoms with Crippen LogP contribution in [-0.2, 0) is 4.74 Å². The van der Waals surface area contributed by atoms with Gasteiger partial charge in [-0.2, -0.15) is 0 Å². The Kier molecular flexibility index (Phi) is 4.83. The molecule has 3 atom stereocenters. The second-order valence-electron chi connectivity index (χ2n) is 7.70. The number of ether oxygens (including phenoxy) is 1. The highest BCUT2D eigenvalue weighted by molar-refractivity contribution is 5.68. The number of hydrogen-bond donors (Lipinski definition) is 2. The normalized spacial score (nSPS) is 34.0. The number of nitrogens with zero attached hydrogens (tertiary/aromatic N) is 1. The quantitative estimate of drug-likeness (QED) is 0.774. The van der Waals surface area contributed by atoms with Gasteiger partial charge in [0.2, 0.25) is 0 Å². The molecule has 2 fully saturated rings. The van der Waals surface area contributed by atoms with Crippen molar-refractivity contribution in [2.45, 2.75) is 46.1 Å². The number of nitrogens with one attached hydrogen (secondary N) is 1. The van der Waals surface area contributed by atoms with Crippen LogP contribution in [-0.4, -0.2) is 49.3 Å². The number of amides is 1. The number of piperidine rings is 2. The Labute approximate surface area is 128 Å². The predicted molar refractivity (Wildman–Crippen MR) is 84.1 cm³/mol. The van der Waals surface area contributed by atoms with Crippen molar-refractivity contribution in [3.8, 4) is 0 Å². The summed E-state index contributed by atoms with van der Waals surface area (Å²) < 4.78 is 5.51. The molecule has 5 nitrogen and oxygen atoms in total. The van der Waals surface area contributed by atoms with Gasteiger partial charge >= 0.3 is 6.09 Å². The largest absolute Gasteiger partial charge is 0.444 e. The highest BCUT2D eigenvalue weighted by Crippen LogP contribution is 2.46. The van der Waals surface area contributed by atoms with E-state index in [0.29, 0.717) is 23.8 Å². The summed E-state index contributed by atoms with van der Waals surface area (Å²) in [5.74, 6) is 0.983. The molecule has 122 valence electrons. The van der Waals surface area contributed by atoms with Crippen LogP contribution >= 0.6 is 0 Å². The fourth-order valence-corrected chi connectivity index (χ4v) is 3.96. The molecule has 1 amide bonds. The van der Waals surface area contributed by atoms with E-state index < -0.39 is 5.60 Å². The average Bonchev–Trinajstić information content (AvgIpc) is 2.40. The minimum atomic E-state index is -0.438. The van der Waals surface area contributed by atoms with Crippen LogP contribution in [0, 0.1) is 17.3 Å². The van der Waals surface area contributed by atoms with E-state index in [4.69, 9.17) is 10.5 Å². The van der Waals surface area contributed by atoms with Gasteiger partial charge in [-0.25, -0.2) is 4.79 Å². The van der Waals surface area contributed by atoms with Gasteiger partial charge in [-0.05, 0) is 70.5 Å². The minimum absolute atomic E-state index is 0.197. The SMILES string of the molecule is CC1CNCCC12CCN(C(=O)OC(C)(C)C)CC2CN. The molecule has 1 spiro atoms. The zero-order valence-corrected chi connectivity index (χ0v) is 13.9. The van der Waals surface area contributed by atoms with Gasteiger partial charge < -0.3 is 20.7 Å². The van der Waals surface area contributed by atoms with Gasteiger partial charge in [-0.1, -0.05) is 6.92 Å². The Bertz CT molecular complexity index is 380. The lowest BCUT2D eigenvalue weighted by Gasteiger charge is -2.53. The minimum Gasteiger partial charge on any atom is -0.444 e. The number of hydrogen-bond acceptors (Lipinski definition) is 4. The average molecular weight is 297 g/mol. The molecule has 0 radical (unpaired) electrons. The fourth-order valence-electron chi connectivity index (χ4n) is 3.96. The molecule has 2 saturated heterocycles. The first-order valence-electron chi connectivity index (χ1n) is 8.17. The van der Waals surface area contributed by atoms with Crippen LogP contribution in [0.3, 0.4) is 0 Å². The molecule has 5 heteroatoms. The predicted octanol–water partition coefficient (Wildman–Crippen LogP) is 1.82. The third-order valence-electron chi connectivity index (χ3n) is 5.24.